The third kappa shape index (κ3) is 5.95. The van der Waals surface area contributed by atoms with Gasteiger partial charge in [0.25, 0.3) is 0 Å². The average Bonchev–Trinajstić information content (AvgIpc) is 3.56. The predicted molar refractivity (Wildman–Crippen MR) is 258 cm³/mol. The van der Waals surface area contributed by atoms with Crippen molar-refractivity contribution < 1.29 is 0 Å². The summed E-state index contributed by atoms with van der Waals surface area (Å²) in [5, 5.41) is 5.02. The number of nitrogens with zero attached hydrogens (tertiary/aromatic N) is 2. The van der Waals surface area contributed by atoms with Gasteiger partial charge in [-0.2, -0.15) is 0 Å². The van der Waals surface area contributed by atoms with E-state index in [1.54, 1.807) is 0 Å². The molecule has 0 radical (unpaired) electrons. The molecule has 0 aromatic heterocycles. The van der Waals surface area contributed by atoms with E-state index in [2.05, 4.69) is 243 Å². The lowest BCUT2D eigenvalue weighted by Gasteiger charge is -2.28. The lowest BCUT2D eigenvalue weighted by molar-refractivity contribution is 0.591. The molecule has 0 aliphatic carbocycles. The smallest absolute Gasteiger partial charge is 0.0534 e. The van der Waals surface area contributed by atoms with E-state index in [-0.39, 0.29) is 5.41 Å². The molecule has 2 aliphatic heterocycles. The summed E-state index contributed by atoms with van der Waals surface area (Å²) in [7, 11) is 0. The highest BCUT2D eigenvalue weighted by atomic mass is 15.2. The summed E-state index contributed by atoms with van der Waals surface area (Å²) in [5.41, 5.74) is 18.0. The second kappa shape index (κ2) is 14.1. The molecule has 286 valence electrons. The molecule has 0 atom stereocenters. The Morgan fingerprint density at radius 1 is 0.317 bits per heavy atom. The van der Waals surface area contributed by atoms with Crippen LogP contribution in [-0.2, 0) is 5.41 Å². The molecule has 0 spiro atoms. The minimum Gasteiger partial charge on any atom is -0.309 e. The van der Waals surface area contributed by atoms with Gasteiger partial charge in [-0.15, -0.1) is 0 Å². The molecular weight excluding hydrogens is 725 g/mol. The van der Waals surface area contributed by atoms with E-state index in [4.69, 9.17) is 0 Å². The Bertz CT molecular complexity index is 3080. The fourth-order valence-electron chi connectivity index (χ4n) is 9.32. The Kier molecular flexibility index (Phi) is 8.42. The molecule has 2 aliphatic rings. The van der Waals surface area contributed by atoms with Gasteiger partial charge in [0.1, 0.15) is 0 Å². The highest BCUT2D eigenvalue weighted by Crippen LogP contribution is 2.48. The van der Waals surface area contributed by atoms with Gasteiger partial charge in [-0.25, -0.2) is 0 Å². The third-order valence-corrected chi connectivity index (χ3v) is 12.3. The van der Waals surface area contributed by atoms with E-state index in [0.29, 0.717) is 0 Å². The highest BCUT2D eigenvalue weighted by molar-refractivity contribution is 6.21. The Balaban J connectivity index is 1.08. The first kappa shape index (κ1) is 35.7. The lowest BCUT2D eigenvalue weighted by Crippen LogP contribution is -2.11. The van der Waals surface area contributed by atoms with Crippen molar-refractivity contribution >= 4 is 80.0 Å². The van der Waals surface area contributed by atoms with Crippen LogP contribution in [0, 0.1) is 0 Å². The van der Waals surface area contributed by atoms with Crippen molar-refractivity contribution in [2.75, 3.05) is 9.80 Å². The maximum atomic E-state index is 2.45. The van der Waals surface area contributed by atoms with Crippen molar-refractivity contribution in [2.24, 2.45) is 0 Å². The number of benzene rings is 9. The third-order valence-electron chi connectivity index (χ3n) is 12.3. The fraction of sp³-hybridized carbons (Fsp3) is 0.0690. The van der Waals surface area contributed by atoms with Crippen LogP contribution in [0.1, 0.15) is 48.6 Å². The molecule has 0 saturated heterocycles. The fourth-order valence-corrected chi connectivity index (χ4v) is 9.32. The molecule has 9 aromatic carbocycles. The summed E-state index contributed by atoms with van der Waals surface area (Å²) in [6.45, 7) is 6.93. The lowest BCUT2D eigenvalue weighted by atomic mass is 9.81. The summed E-state index contributed by atoms with van der Waals surface area (Å²) in [4.78, 5) is 4.79. The van der Waals surface area contributed by atoms with Gasteiger partial charge in [0.15, 0.2) is 0 Å². The van der Waals surface area contributed by atoms with Crippen molar-refractivity contribution in [1.29, 1.82) is 0 Å². The normalized spacial score (nSPS) is 13.1. The molecule has 2 nitrogen and oxygen atoms in total. The number of fused-ring (bicyclic) bond motifs is 6. The zero-order chi connectivity index (χ0) is 40.4. The molecule has 2 heterocycles. The topological polar surface area (TPSA) is 6.48 Å². The highest BCUT2D eigenvalue weighted by Gasteiger charge is 2.24. The monoisotopic (exact) mass is 768 g/mol. The van der Waals surface area contributed by atoms with Gasteiger partial charge < -0.3 is 9.80 Å². The SMILES string of the molecule is CC(C)(C)c1ccc2c(-c3ccc(N4c5ccccc5C=Cc5ccccc54)cc3)c3ccccc3c(-c3ccc(N4c5ccccc5C=Cc5ccccc54)cc3)c2c1. The van der Waals surface area contributed by atoms with Crippen LogP contribution in [0.15, 0.2) is 188 Å². The number of hydrogen-bond acceptors (Lipinski definition) is 2. The van der Waals surface area contributed by atoms with Crippen LogP contribution < -0.4 is 9.80 Å². The zero-order valence-electron chi connectivity index (χ0n) is 34.1. The number of hydrogen-bond donors (Lipinski definition) is 0. The molecule has 2 heteroatoms. The van der Waals surface area contributed by atoms with Gasteiger partial charge in [0.05, 0.1) is 22.7 Å². The molecule has 60 heavy (non-hydrogen) atoms. The minimum atomic E-state index is -0.0149. The first-order chi connectivity index (χ1) is 29.4. The molecule has 0 saturated carbocycles. The van der Waals surface area contributed by atoms with E-state index in [9.17, 15) is 0 Å². The standard InChI is InChI=1S/C58H44N2/c1-58(2,3)45-32-37-50-51(38-45)57(44-30-35-47(36-31-44)60-54-22-12-6-16-41(54)26-27-42-17-7-13-23-55(42)60)49-19-9-8-18-48(49)56(50)43-28-33-46(34-29-43)59-52-20-10-4-14-39(52)24-25-40-15-5-11-21-53(40)59/h4-38H,1-3H3. The minimum absolute atomic E-state index is 0.0149. The van der Waals surface area contributed by atoms with Crippen molar-refractivity contribution in [1.82, 2.24) is 0 Å². The summed E-state index contributed by atoms with van der Waals surface area (Å²) < 4.78 is 0. The Hall–Kier alpha value is -7.42. The van der Waals surface area contributed by atoms with Crippen LogP contribution in [0.2, 0.25) is 0 Å². The van der Waals surface area contributed by atoms with Gasteiger partial charge in [0.2, 0.25) is 0 Å². The molecule has 11 rings (SSSR count). The molecule has 0 N–H and O–H groups in total. The Morgan fingerprint density at radius 3 is 1.03 bits per heavy atom. The van der Waals surface area contributed by atoms with E-state index in [1.807, 2.05) is 0 Å². The van der Waals surface area contributed by atoms with E-state index >= 15 is 0 Å². The second-order valence-corrected chi connectivity index (χ2v) is 17.0. The Morgan fingerprint density at radius 2 is 0.650 bits per heavy atom. The molecule has 0 bridgehead atoms. The largest absolute Gasteiger partial charge is 0.309 e. The van der Waals surface area contributed by atoms with Gasteiger partial charge in [-0.1, -0.05) is 179 Å². The first-order valence-electron chi connectivity index (χ1n) is 20.9. The van der Waals surface area contributed by atoms with Gasteiger partial charge in [-0.3, -0.25) is 0 Å². The van der Waals surface area contributed by atoms with E-state index in [0.717, 1.165) is 11.4 Å². The van der Waals surface area contributed by atoms with Gasteiger partial charge in [-0.05, 0) is 132 Å². The van der Waals surface area contributed by atoms with Crippen LogP contribution in [0.3, 0.4) is 0 Å². The van der Waals surface area contributed by atoms with Crippen LogP contribution in [0.4, 0.5) is 34.1 Å². The van der Waals surface area contributed by atoms with Crippen LogP contribution in [0.25, 0.3) is 68.1 Å². The maximum absolute atomic E-state index is 2.45. The van der Waals surface area contributed by atoms with Gasteiger partial charge in [0, 0.05) is 11.4 Å². The number of rotatable bonds is 4. The molecule has 0 fully saturated rings. The van der Waals surface area contributed by atoms with Crippen molar-refractivity contribution in [3.05, 3.63) is 216 Å². The average molecular weight is 769 g/mol. The summed E-state index contributed by atoms with van der Waals surface area (Å²) in [6, 6.07) is 69.3. The van der Waals surface area contributed by atoms with E-state index < -0.39 is 0 Å². The maximum Gasteiger partial charge on any atom is 0.0534 e. The summed E-state index contributed by atoms with van der Waals surface area (Å²) in [5.74, 6) is 0. The summed E-state index contributed by atoms with van der Waals surface area (Å²) in [6.07, 6.45) is 8.92. The zero-order valence-corrected chi connectivity index (χ0v) is 34.1. The van der Waals surface area contributed by atoms with Crippen molar-refractivity contribution in [2.45, 2.75) is 26.2 Å². The second-order valence-electron chi connectivity index (χ2n) is 17.0. The quantitative estimate of drug-likeness (QED) is 0.165. The predicted octanol–water partition coefficient (Wildman–Crippen LogP) is 16.5. The van der Waals surface area contributed by atoms with Gasteiger partial charge >= 0.3 is 0 Å². The molecular formula is C58H44N2. The van der Waals surface area contributed by atoms with Crippen LogP contribution >= 0.6 is 0 Å². The van der Waals surface area contributed by atoms with Crippen LogP contribution in [0.5, 0.6) is 0 Å². The van der Waals surface area contributed by atoms with E-state index in [1.165, 1.54) is 94.4 Å². The van der Waals surface area contributed by atoms with Crippen LogP contribution in [-0.4, -0.2) is 0 Å². The first-order valence-corrected chi connectivity index (χ1v) is 20.9. The molecule has 0 unspecified atom stereocenters. The number of para-hydroxylation sites is 4. The summed E-state index contributed by atoms with van der Waals surface area (Å²) >= 11 is 0. The van der Waals surface area contributed by atoms with Crippen molar-refractivity contribution in [3.8, 4) is 22.3 Å². The van der Waals surface area contributed by atoms with Crippen molar-refractivity contribution in [3.63, 3.8) is 0 Å². The number of anilines is 6. The molecule has 9 aromatic rings. The Labute approximate surface area is 352 Å². The molecule has 0 amide bonds.